The highest BCUT2D eigenvalue weighted by Crippen LogP contribution is 2.31. The number of fused-ring (bicyclic) bond motifs is 1. The smallest absolute Gasteiger partial charge is 0.0753 e. The fraction of sp³-hybridized carbons (Fsp3) is 0.250. The number of benzene rings is 1. The fourth-order valence-electron chi connectivity index (χ4n) is 1.69. The molecule has 0 spiro atoms. The Morgan fingerprint density at radius 2 is 2.07 bits per heavy atom. The average Bonchev–Trinajstić information content (AvgIpc) is 2.23. The zero-order chi connectivity index (χ0) is 11.0. The SMILES string of the molecule is CC(C)c1cccc2c(Cl)c(N)cnc12. The van der Waals surface area contributed by atoms with Crippen LogP contribution in [0.4, 0.5) is 5.69 Å². The van der Waals surface area contributed by atoms with Crippen molar-refractivity contribution in [2.75, 3.05) is 5.73 Å². The number of nitrogen functional groups attached to an aromatic ring is 1. The molecule has 2 rings (SSSR count). The summed E-state index contributed by atoms with van der Waals surface area (Å²) in [6, 6.07) is 6.02. The van der Waals surface area contributed by atoms with E-state index in [0.29, 0.717) is 16.6 Å². The quantitative estimate of drug-likeness (QED) is 0.798. The molecule has 0 saturated heterocycles. The van der Waals surface area contributed by atoms with E-state index in [4.69, 9.17) is 17.3 Å². The molecule has 78 valence electrons. The van der Waals surface area contributed by atoms with Gasteiger partial charge in [0.15, 0.2) is 0 Å². The Bertz CT molecular complexity index is 506. The van der Waals surface area contributed by atoms with Crippen LogP contribution >= 0.6 is 11.6 Å². The molecule has 0 radical (unpaired) electrons. The number of pyridine rings is 1. The van der Waals surface area contributed by atoms with E-state index < -0.39 is 0 Å². The second-order valence-corrected chi connectivity index (χ2v) is 4.30. The van der Waals surface area contributed by atoms with Crippen molar-refractivity contribution in [3.63, 3.8) is 0 Å². The minimum absolute atomic E-state index is 0.431. The highest BCUT2D eigenvalue weighted by Gasteiger charge is 2.09. The maximum Gasteiger partial charge on any atom is 0.0753 e. The van der Waals surface area contributed by atoms with Crippen LogP contribution in [-0.2, 0) is 0 Å². The molecule has 0 amide bonds. The molecule has 1 aromatic heterocycles. The van der Waals surface area contributed by atoms with Gasteiger partial charge in [0, 0.05) is 5.39 Å². The van der Waals surface area contributed by atoms with E-state index in [-0.39, 0.29) is 0 Å². The number of hydrogen-bond donors (Lipinski definition) is 1. The van der Waals surface area contributed by atoms with Crippen molar-refractivity contribution in [3.8, 4) is 0 Å². The molecule has 0 unspecified atom stereocenters. The predicted molar refractivity (Wildman–Crippen MR) is 65.3 cm³/mol. The zero-order valence-corrected chi connectivity index (χ0v) is 9.55. The average molecular weight is 221 g/mol. The van der Waals surface area contributed by atoms with Gasteiger partial charge in [-0.25, -0.2) is 0 Å². The lowest BCUT2D eigenvalue weighted by molar-refractivity contribution is 0.873. The molecule has 3 heteroatoms. The van der Waals surface area contributed by atoms with Gasteiger partial charge >= 0.3 is 0 Å². The topological polar surface area (TPSA) is 38.9 Å². The largest absolute Gasteiger partial charge is 0.396 e. The number of anilines is 1. The van der Waals surface area contributed by atoms with Crippen molar-refractivity contribution >= 4 is 28.2 Å². The van der Waals surface area contributed by atoms with Crippen molar-refractivity contribution in [1.29, 1.82) is 0 Å². The van der Waals surface area contributed by atoms with Crippen molar-refractivity contribution in [2.24, 2.45) is 0 Å². The lowest BCUT2D eigenvalue weighted by Gasteiger charge is -2.10. The first-order chi connectivity index (χ1) is 7.11. The molecule has 0 bridgehead atoms. The molecule has 1 aromatic carbocycles. The molecule has 15 heavy (non-hydrogen) atoms. The Morgan fingerprint density at radius 1 is 1.33 bits per heavy atom. The lowest BCUT2D eigenvalue weighted by atomic mass is 10.00. The van der Waals surface area contributed by atoms with E-state index in [0.717, 1.165) is 10.9 Å². The summed E-state index contributed by atoms with van der Waals surface area (Å²) < 4.78 is 0. The highest BCUT2D eigenvalue weighted by molar-refractivity contribution is 6.37. The van der Waals surface area contributed by atoms with E-state index in [9.17, 15) is 0 Å². The van der Waals surface area contributed by atoms with Crippen molar-refractivity contribution in [2.45, 2.75) is 19.8 Å². The monoisotopic (exact) mass is 220 g/mol. The van der Waals surface area contributed by atoms with Gasteiger partial charge in [-0.05, 0) is 11.5 Å². The molecule has 0 aliphatic rings. The van der Waals surface area contributed by atoms with Crippen molar-refractivity contribution in [3.05, 3.63) is 35.0 Å². The van der Waals surface area contributed by atoms with Gasteiger partial charge in [-0.3, -0.25) is 4.98 Å². The van der Waals surface area contributed by atoms with E-state index >= 15 is 0 Å². The third kappa shape index (κ3) is 1.65. The number of para-hydroxylation sites is 1. The van der Waals surface area contributed by atoms with Gasteiger partial charge in [0.25, 0.3) is 0 Å². The Hall–Kier alpha value is -1.28. The van der Waals surface area contributed by atoms with Crippen molar-refractivity contribution in [1.82, 2.24) is 4.98 Å². The van der Waals surface area contributed by atoms with E-state index in [2.05, 4.69) is 24.9 Å². The Labute approximate surface area is 94.1 Å². The standard InChI is InChI=1S/C12H13ClN2/c1-7(2)8-4-3-5-9-11(13)10(14)6-15-12(8)9/h3-7H,14H2,1-2H3. The molecule has 1 heterocycles. The first-order valence-electron chi connectivity index (χ1n) is 4.94. The second-order valence-electron chi connectivity index (χ2n) is 3.93. The van der Waals surface area contributed by atoms with Gasteiger partial charge in [0.2, 0.25) is 0 Å². The minimum atomic E-state index is 0.431. The summed E-state index contributed by atoms with van der Waals surface area (Å²) in [5.41, 5.74) is 8.40. The normalized spacial score (nSPS) is 11.2. The summed E-state index contributed by atoms with van der Waals surface area (Å²) in [4.78, 5) is 4.35. The zero-order valence-electron chi connectivity index (χ0n) is 8.79. The van der Waals surface area contributed by atoms with Gasteiger partial charge in [-0.15, -0.1) is 0 Å². The molecule has 0 aliphatic carbocycles. The summed E-state index contributed by atoms with van der Waals surface area (Å²) in [5, 5.41) is 1.53. The number of halogens is 1. The molecule has 0 atom stereocenters. The maximum absolute atomic E-state index is 6.14. The molecule has 2 aromatic rings. The van der Waals surface area contributed by atoms with E-state index in [1.54, 1.807) is 6.20 Å². The summed E-state index contributed by atoms with van der Waals surface area (Å²) in [7, 11) is 0. The summed E-state index contributed by atoms with van der Waals surface area (Å²) in [5.74, 6) is 0.431. The maximum atomic E-state index is 6.14. The van der Waals surface area contributed by atoms with Crippen LogP contribution < -0.4 is 5.73 Å². The third-order valence-electron chi connectivity index (χ3n) is 2.51. The molecular weight excluding hydrogens is 208 g/mol. The summed E-state index contributed by atoms with van der Waals surface area (Å²) in [6.45, 7) is 4.28. The fourth-order valence-corrected chi connectivity index (χ4v) is 1.90. The minimum Gasteiger partial charge on any atom is -0.396 e. The second kappa shape index (κ2) is 3.70. The van der Waals surface area contributed by atoms with Crippen molar-refractivity contribution < 1.29 is 0 Å². The lowest BCUT2D eigenvalue weighted by Crippen LogP contribution is -1.95. The number of nitrogens with zero attached hydrogens (tertiary/aromatic N) is 1. The third-order valence-corrected chi connectivity index (χ3v) is 2.93. The van der Waals surface area contributed by atoms with Gasteiger partial charge in [-0.1, -0.05) is 43.6 Å². The van der Waals surface area contributed by atoms with Crippen LogP contribution in [0.2, 0.25) is 5.02 Å². The molecule has 0 fully saturated rings. The first-order valence-corrected chi connectivity index (χ1v) is 5.31. The number of aromatic nitrogens is 1. The summed E-state index contributed by atoms with van der Waals surface area (Å²) >= 11 is 6.14. The van der Waals surface area contributed by atoms with E-state index in [1.165, 1.54) is 5.56 Å². The predicted octanol–water partition coefficient (Wildman–Crippen LogP) is 3.59. The van der Waals surface area contributed by atoms with Crippen LogP contribution in [0.25, 0.3) is 10.9 Å². The van der Waals surface area contributed by atoms with Crippen LogP contribution in [0, 0.1) is 0 Å². The molecule has 2 nitrogen and oxygen atoms in total. The number of hydrogen-bond acceptors (Lipinski definition) is 2. The first kappa shape index (κ1) is 10.2. The van der Waals surface area contributed by atoms with Gasteiger partial charge in [0.05, 0.1) is 22.4 Å². The van der Waals surface area contributed by atoms with Crippen LogP contribution in [0.1, 0.15) is 25.3 Å². The molecular formula is C12H13ClN2. The van der Waals surface area contributed by atoms with Gasteiger partial charge in [-0.2, -0.15) is 0 Å². The number of rotatable bonds is 1. The molecule has 2 N–H and O–H groups in total. The molecule has 0 aliphatic heterocycles. The van der Waals surface area contributed by atoms with Gasteiger partial charge in [0.1, 0.15) is 0 Å². The van der Waals surface area contributed by atoms with Crippen LogP contribution in [-0.4, -0.2) is 4.98 Å². The Balaban J connectivity index is 2.83. The van der Waals surface area contributed by atoms with Crippen LogP contribution in [0.5, 0.6) is 0 Å². The van der Waals surface area contributed by atoms with Crippen LogP contribution in [0.15, 0.2) is 24.4 Å². The Morgan fingerprint density at radius 3 is 2.73 bits per heavy atom. The Kier molecular flexibility index (Phi) is 2.53. The van der Waals surface area contributed by atoms with Gasteiger partial charge < -0.3 is 5.73 Å². The number of nitrogens with two attached hydrogens (primary N) is 1. The molecule has 0 saturated carbocycles. The van der Waals surface area contributed by atoms with Crippen LogP contribution in [0.3, 0.4) is 0 Å². The highest BCUT2D eigenvalue weighted by atomic mass is 35.5. The van der Waals surface area contributed by atoms with E-state index in [1.807, 2.05) is 12.1 Å². The summed E-state index contributed by atoms with van der Waals surface area (Å²) in [6.07, 6.45) is 1.62.